The molecule has 1 saturated heterocycles. The number of nitrogens with zero attached hydrogens (tertiary/aromatic N) is 1. The van der Waals surface area contributed by atoms with Crippen LogP contribution in [0.2, 0.25) is 5.02 Å². The number of halogens is 1. The van der Waals surface area contributed by atoms with Crippen LogP contribution >= 0.6 is 11.6 Å². The Labute approximate surface area is 170 Å². The molecule has 1 N–H and O–H groups in total. The van der Waals surface area contributed by atoms with Crippen molar-refractivity contribution in [1.82, 2.24) is 4.31 Å². The first-order chi connectivity index (χ1) is 13.2. The average molecular weight is 423 g/mol. The zero-order chi connectivity index (χ0) is 20.5. The summed E-state index contributed by atoms with van der Waals surface area (Å²) in [4.78, 5) is 12.6. The number of benzene rings is 2. The first-order valence-corrected chi connectivity index (χ1v) is 10.8. The third kappa shape index (κ3) is 4.55. The van der Waals surface area contributed by atoms with Gasteiger partial charge in [0.05, 0.1) is 17.1 Å². The molecule has 3 rings (SSSR count). The number of morpholine rings is 1. The van der Waals surface area contributed by atoms with Gasteiger partial charge in [-0.25, -0.2) is 8.42 Å². The van der Waals surface area contributed by atoms with Gasteiger partial charge in [-0.1, -0.05) is 17.7 Å². The summed E-state index contributed by atoms with van der Waals surface area (Å²) in [6, 6.07) is 11.2. The van der Waals surface area contributed by atoms with Gasteiger partial charge in [-0.15, -0.1) is 0 Å². The van der Waals surface area contributed by atoms with Gasteiger partial charge >= 0.3 is 0 Å². The van der Waals surface area contributed by atoms with Crippen LogP contribution in [-0.2, 0) is 14.8 Å². The van der Waals surface area contributed by atoms with Crippen molar-refractivity contribution in [2.45, 2.75) is 37.9 Å². The summed E-state index contributed by atoms with van der Waals surface area (Å²) in [7, 11) is -3.64. The Morgan fingerprint density at radius 3 is 2.29 bits per heavy atom. The van der Waals surface area contributed by atoms with E-state index in [9.17, 15) is 13.2 Å². The molecule has 1 aliphatic heterocycles. The fourth-order valence-corrected chi connectivity index (χ4v) is 4.90. The molecule has 0 aliphatic carbocycles. The van der Waals surface area contributed by atoms with Gasteiger partial charge in [-0.3, -0.25) is 4.79 Å². The van der Waals surface area contributed by atoms with E-state index in [1.165, 1.54) is 28.6 Å². The smallest absolute Gasteiger partial charge is 0.255 e. The normalized spacial score (nSPS) is 20.7. The molecule has 0 unspecified atom stereocenters. The highest BCUT2D eigenvalue weighted by Gasteiger charge is 2.32. The molecular weight excluding hydrogens is 400 g/mol. The lowest BCUT2D eigenvalue weighted by molar-refractivity contribution is -0.0440. The van der Waals surface area contributed by atoms with Crippen molar-refractivity contribution in [3.8, 4) is 0 Å². The van der Waals surface area contributed by atoms with E-state index in [1.54, 1.807) is 12.1 Å². The standard InChI is InChI=1S/C20H23ClN2O4S/c1-13-4-7-17(10-19(13)21)22-20(24)16-5-8-18(9-6-16)28(25,26)23-11-14(2)27-15(3)12-23/h4-10,14-15H,11-12H2,1-3H3,(H,22,24)/t14-,15-/m1/s1. The summed E-state index contributed by atoms with van der Waals surface area (Å²) in [5.74, 6) is -0.336. The average Bonchev–Trinajstić information content (AvgIpc) is 2.64. The van der Waals surface area contributed by atoms with E-state index >= 15 is 0 Å². The number of sulfonamides is 1. The van der Waals surface area contributed by atoms with Gasteiger partial charge in [0, 0.05) is 29.4 Å². The number of rotatable bonds is 4. The van der Waals surface area contributed by atoms with E-state index in [1.807, 2.05) is 26.8 Å². The zero-order valence-electron chi connectivity index (χ0n) is 16.0. The van der Waals surface area contributed by atoms with Crippen molar-refractivity contribution >= 4 is 33.2 Å². The number of carbonyl (C=O) groups excluding carboxylic acids is 1. The van der Waals surface area contributed by atoms with E-state index in [-0.39, 0.29) is 23.0 Å². The maximum Gasteiger partial charge on any atom is 0.255 e. The highest BCUT2D eigenvalue weighted by Crippen LogP contribution is 2.23. The predicted octanol–water partition coefficient (Wildman–Crippen LogP) is 3.70. The van der Waals surface area contributed by atoms with Gasteiger partial charge in [-0.2, -0.15) is 4.31 Å². The third-order valence-corrected chi connectivity index (χ3v) is 6.82. The number of anilines is 1. The summed E-state index contributed by atoms with van der Waals surface area (Å²) in [6.45, 7) is 6.20. The lowest BCUT2D eigenvalue weighted by Crippen LogP contribution is -2.48. The molecule has 1 amide bonds. The van der Waals surface area contributed by atoms with Crippen molar-refractivity contribution in [2.24, 2.45) is 0 Å². The van der Waals surface area contributed by atoms with Gasteiger partial charge < -0.3 is 10.1 Å². The molecule has 8 heteroatoms. The molecule has 150 valence electrons. The third-order valence-electron chi connectivity index (χ3n) is 4.57. The summed E-state index contributed by atoms with van der Waals surface area (Å²) < 4.78 is 32.8. The van der Waals surface area contributed by atoms with Gasteiger partial charge in [0.15, 0.2) is 0 Å². The van der Waals surface area contributed by atoms with E-state index < -0.39 is 10.0 Å². The molecule has 2 aromatic rings. The van der Waals surface area contributed by atoms with E-state index in [2.05, 4.69) is 5.32 Å². The number of hydrogen-bond donors (Lipinski definition) is 1. The summed E-state index contributed by atoms with van der Waals surface area (Å²) in [5, 5.41) is 3.32. The van der Waals surface area contributed by atoms with Gasteiger partial charge in [0.25, 0.3) is 5.91 Å². The maximum absolute atomic E-state index is 12.9. The first-order valence-electron chi connectivity index (χ1n) is 9.00. The number of hydrogen-bond acceptors (Lipinski definition) is 4. The Morgan fingerprint density at radius 1 is 1.11 bits per heavy atom. The Balaban J connectivity index is 1.75. The minimum atomic E-state index is -3.64. The fraction of sp³-hybridized carbons (Fsp3) is 0.350. The molecule has 0 aromatic heterocycles. The topological polar surface area (TPSA) is 75.7 Å². The molecule has 0 radical (unpaired) electrons. The monoisotopic (exact) mass is 422 g/mol. The van der Waals surface area contributed by atoms with Crippen molar-refractivity contribution in [3.63, 3.8) is 0 Å². The number of carbonyl (C=O) groups is 1. The largest absolute Gasteiger partial charge is 0.373 e. The van der Waals surface area contributed by atoms with Crippen LogP contribution in [0.4, 0.5) is 5.69 Å². The van der Waals surface area contributed by atoms with Gasteiger partial charge in [0.1, 0.15) is 0 Å². The SMILES string of the molecule is Cc1ccc(NC(=O)c2ccc(S(=O)(=O)N3C[C@@H](C)O[C@H](C)C3)cc2)cc1Cl. The van der Waals surface area contributed by atoms with E-state index in [0.29, 0.717) is 29.4 Å². The number of ether oxygens (including phenoxy) is 1. The van der Waals surface area contributed by atoms with E-state index in [0.717, 1.165) is 5.56 Å². The van der Waals surface area contributed by atoms with Gasteiger partial charge in [0.2, 0.25) is 10.0 Å². The highest BCUT2D eigenvalue weighted by molar-refractivity contribution is 7.89. The Morgan fingerprint density at radius 2 is 1.71 bits per heavy atom. The molecule has 1 heterocycles. The summed E-state index contributed by atoms with van der Waals surface area (Å²) in [5.41, 5.74) is 1.86. The number of nitrogens with one attached hydrogen (secondary N) is 1. The van der Waals surface area contributed by atoms with Crippen LogP contribution in [0.25, 0.3) is 0 Å². The molecule has 1 fully saturated rings. The second kappa shape index (κ2) is 8.21. The number of amides is 1. The molecule has 2 atom stereocenters. The molecule has 2 aromatic carbocycles. The van der Waals surface area contributed by atoms with Crippen LogP contribution < -0.4 is 5.32 Å². The minimum absolute atomic E-state index is 0.156. The van der Waals surface area contributed by atoms with Crippen LogP contribution in [0.1, 0.15) is 29.8 Å². The fourth-order valence-electron chi connectivity index (χ4n) is 3.13. The first kappa shape index (κ1) is 20.8. The quantitative estimate of drug-likeness (QED) is 0.815. The minimum Gasteiger partial charge on any atom is -0.373 e. The van der Waals surface area contributed by atoms with Crippen molar-refractivity contribution in [3.05, 3.63) is 58.6 Å². The molecule has 0 saturated carbocycles. The van der Waals surface area contributed by atoms with Crippen molar-refractivity contribution in [1.29, 1.82) is 0 Å². The highest BCUT2D eigenvalue weighted by atomic mass is 35.5. The van der Waals surface area contributed by atoms with Crippen LogP contribution in [-0.4, -0.2) is 43.9 Å². The lowest BCUT2D eigenvalue weighted by atomic mass is 10.2. The predicted molar refractivity (Wildman–Crippen MR) is 109 cm³/mol. The number of aryl methyl sites for hydroxylation is 1. The molecule has 0 spiro atoms. The molecule has 6 nitrogen and oxygen atoms in total. The van der Waals surface area contributed by atoms with E-state index in [4.69, 9.17) is 16.3 Å². The zero-order valence-corrected chi connectivity index (χ0v) is 17.5. The Hall–Kier alpha value is -1.93. The van der Waals surface area contributed by atoms with Crippen molar-refractivity contribution in [2.75, 3.05) is 18.4 Å². The van der Waals surface area contributed by atoms with Gasteiger partial charge in [-0.05, 0) is 62.7 Å². The molecule has 0 bridgehead atoms. The second-order valence-corrected chi connectivity index (χ2v) is 9.37. The molecule has 28 heavy (non-hydrogen) atoms. The van der Waals surface area contributed by atoms with Crippen LogP contribution in [0.15, 0.2) is 47.4 Å². The van der Waals surface area contributed by atoms with Crippen LogP contribution in [0, 0.1) is 6.92 Å². The Kier molecular flexibility index (Phi) is 6.09. The Bertz CT molecular complexity index is 966. The maximum atomic E-state index is 12.9. The molecule has 1 aliphatic rings. The second-order valence-electron chi connectivity index (χ2n) is 7.02. The lowest BCUT2D eigenvalue weighted by Gasteiger charge is -2.34. The summed E-state index contributed by atoms with van der Waals surface area (Å²) in [6.07, 6.45) is -0.324. The summed E-state index contributed by atoms with van der Waals surface area (Å²) >= 11 is 6.08. The van der Waals surface area contributed by atoms with Crippen LogP contribution in [0.3, 0.4) is 0 Å². The molecular formula is C20H23ClN2O4S. The van der Waals surface area contributed by atoms with Crippen LogP contribution in [0.5, 0.6) is 0 Å². The van der Waals surface area contributed by atoms with Crippen molar-refractivity contribution < 1.29 is 17.9 Å².